The summed E-state index contributed by atoms with van der Waals surface area (Å²) < 4.78 is 33.9. The fraction of sp³-hybridized carbons (Fsp3) is 0.292. The Morgan fingerprint density at radius 2 is 2.00 bits per heavy atom. The second-order valence-corrected chi connectivity index (χ2v) is 7.64. The largest absolute Gasteiger partial charge is 0.472 e. The van der Waals surface area contributed by atoms with E-state index in [-0.39, 0.29) is 41.7 Å². The van der Waals surface area contributed by atoms with Crippen LogP contribution in [0.3, 0.4) is 0 Å². The van der Waals surface area contributed by atoms with E-state index in [1.165, 1.54) is 17.0 Å². The SMILES string of the molecule is CCc1c(OCc2ccc(F)cc2F)ncn(-c2cc(C(=O)N[C@H](C)CO)ccc2C)c1=O. The molecule has 1 atom stereocenters. The molecule has 0 aliphatic rings. The highest BCUT2D eigenvalue weighted by atomic mass is 19.1. The molecule has 2 aromatic carbocycles. The van der Waals surface area contributed by atoms with Crippen LogP contribution in [0.15, 0.2) is 47.5 Å². The third kappa shape index (κ3) is 5.43. The quantitative estimate of drug-likeness (QED) is 0.542. The van der Waals surface area contributed by atoms with E-state index in [1.807, 2.05) is 0 Å². The summed E-state index contributed by atoms with van der Waals surface area (Å²) in [6.45, 7) is 4.82. The molecular weight excluding hydrogens is 432 g/mol. The number of halogens is 2. The molecule has 1 aromatic heterocycles. The van der Waals surface area contributed by atoms with Crippen molar-refractivity contribution in [1.82, 2.24) is 14.9 Å². The molecule has 0 saturated carbocycles. The number of ether oxygens (including phenoxy) is 1. The molecule has 0 unspecified atom stereocenters. The highest BCUT2D eigenvalue weighted by Crippen LogP contribution is 2.19. The molecule has 7 nitrogen and oxygen atoms in total. The van der Waals surface area contributed by atoms with Crippen molar-refractivity contribution in [3.8, 4) is 11.6 Å². The molecule has 3 aromatic rings. The van der Waals surface area contributed by atoms with Gasteiger partial charge in [-0.05, 0) is 50.1 Å². The van der Waals surface area contributed by atoms with Crippen molar-refractivity contribution >= 4 is 5.91 Å². The van der Waals surface area contributed by atoms with Crippen LogP contribution in [0.1, 0.15) is 40.9 Å². The molecular formula is C24H25F2N3O4. The van der Waals surface area contributed by atoms with E-state index in [1.54, 1.807) is 39.0 Å². The number of carbonyl (C=O) groups is 1. The average molecular weight is 457 g/mol. The van der Waals surface area contributed by atoms with E-state index in [9.17, 15) is 18.4 Å². The van der Waals surface area contributed by atoms with Crippen LogP contribution in [-0.2, 0) is 13.0 Å². The minimum Gasteiger partial charge on any atom is -0.472 e. The minimum atomic E-state index is -0.748. The van der Waals surface area contributed by atoms with Gasteiger partial charge in [0.15, 0.2) is 0 Å². The number of aliphatic hydroxyl groups excluding tert-OH is 1. The van der Waals surface area contributed by atoms with Gasteiger partial charge >= 0.3 is 0 Å². The van der Waals surface area contributed by atoms with Gasteiger partial charge in [-0.2, -0.15) is 0 Å². The summed E-state index contributed by atoms with van der Waals surface area (Å²) in [4.78, 5) is 29.9. The molecule has 33 heavy (non-hydrogen) atoms. The molecule has 9 heteroatoms. The Balaban J connectivity index is 1.93. The standard InChI is InChI=1S/C24H25F2N3O4/c1-4-19-23(33-12-17-7-8-18(25)10-20(17)26)27-13-29(24(19)32)21-9-16(6-5-14(21)2)22(31)28-15(3)11-30/h5-10,13,15,30H,4,11-12H2,1-3H3,(H,28,31)/t15-/m1/s1. The van der Waals surface area contributed by atoms with E-state index in [0.29, 0.717) is 17.7 Å². The number of carbonyl (C=O) groups excluding carboxylic acids is 1. The number of benzene rings is 2. The first-order valence-electron chi connectivity index (χ1n) is 10.4. The van der Waals surface area contributed by atoms with E-state index in [4.69, 9.17) is 9.84 Å². The molecule has 1 heterocycles. The third-order valence-corrected chi connectivity index (χ3v) is 5.14. The van der Waals surface area contributed by atoms with Gasteiger partial charge in [-0.3, -0.25) is 14.2 Å². The van der Waals surface area contributed by atoms with E-state index >= 15 is 0 Å². The number of nitrogens with zero attached hydrogens (tertiary/aromatic N) is 2. The second-order valence-electron chi connectivity index (χ2n) is 7.64. The number of hydrogen-bond acceptors (Lipinski definition) is 5. The molecule has 0 fully saturated rings. The molecule has 3 rings (SSSR count). The Morgan fingerprint density at radius 1 is 1.24 bits per heavy atom. The van der Waals surface area contributed by atoms with Crippen LogP contribution >= 0.6 is 0 Å². The van der Waals surface area contributed by atoms with E-state index in [0.717, 1.165) is 17.7 Å². The summed E-state index contributed by atoms with van der Waals surface area (Å²) in [6, 6.07) is 7.67. The summed E-state index contributed by atoms with van der Waals surface area (Å²) >= 11 is 0. The highest BCUT2D eigenvalue weighted by Gasteiger charge is 2.17. The van der Waals surface area contributed by atoms with Crippen molar-refractivity contribution < 1.29 is 23.4 Å². The summed E-state index contributed by atoms with van der Waals surface area (Å²) in [7, 11) is 0. The zero-order valence-electron chi connectivity index (χ0n) is 18.6. The predicted molar refractivity (Wildman–Crippen MR) is 119 cm³/mol. The fourth-order valence-electron chi connectivity index (χ4n) is 3.22. The van der Waals surface area contributed by atoms with Gasteiger partial charge in [0.1, 0.15) is 24.6 Å². The Kier molecular flexibility index (Phi) is 7.55. The van der Waals surface area contributed by atoms with Crippen molar-refractivity contribution in [3.05, 3.63) is 87.0 Å². The number of hydrogen-bond donors (Lipinski definition) is 2. The fourth-order valence-corrected chi connectivity index (χ4v) is 3.22. The van der Waals surface area contributed by atoms with Crippen LogP contribution in [0.2, 0.25) is 0 Å². The van der Waals surface area contributed by atoms with Crippen molar-refractivity contribution in [3.63, 3.8) is 0 Å². The maximum atomic E-state index is 13.9. The topological polar surface area (TPSA) is 93.5 Å². The Labute approximate surface area is 189 Å². The lowest BCUT2D eigenvalue weighted by Gasteiger charge is -2.15. The first-order chi connectivity index (χ1) is 15.7. The van der Waals surface area contributed by atoms with Crippen molar-refractivity contribution in [2.45, 2.75) is 39.8 Å². The van der Waals surface area contributed by atoms with E-state index < -0.39 is 17.7 Å². The van der Waals surface area contributed by atoms with Crippen molar-refractivity contribution in [2.24, 2.45) is 0 Å². The van der Waals surface area contributed by atoms with Crippen LogP contribution in [0.25, 0.3) is 5.69 Å². The Bertz CT molecular complexity index is 1230. The van der Waals surface area contributed by atoms with Crippen molar-refractivity contribution in [1.29, 1.82) is 0 Å². The number of aromatic nitrogens is 2. The van der Waals surface area contributed by atoms with Gasteiger partial charge in [-0.25, -0.2) is 13.8 Å². The number of rotatable bonds is 8. The average Bonchev–Trinajstić information content (AvgIpc) is 2.79. The van der Waals surface area contributed by atoms with Crippen molar-refractivity contribution in [2.75, 3.05) is 6.61 Å². The monoisotopic (exact) mass is 457 g/mol. The van der Waals surface area contributed by atoms with Gasteiger partial charge in [-0.1, -0.05) is 13.0 Å². The van der Waals surface area contributed by atoms with E-state index in [2.05, 4.69) is 10.3 Å². The minimum absolute atomic E-state index is 0.0609. The molecule has 1 amide bonds. The van der Waals surface area contributed by atoms with Gasteiger partial charge in [-0.15, -0.1) is 0 Å². The summed E-state index contributed by atoms with van der Waals surface area (Å²) in [5.74, 6) is -1.76. The summed E-state index contributed by atoms with van der Waals surface area (Å²) in [5, 5.41) is 11.8. The highest BCUT2D eigenvalue weighted by molar-refractivity contribution is 5.95. The van der Waals surface area contributed by atoms with Crippen LogP contribution < -0.4 is 15.6 Å². The van der Waals surface area contributed by atoms with Gasteiger partial charge in [0.2, 0.25) is 5.88 Å². The van der Waals surface area contributed by atoms with Gasteiger partial charge < -0.3 is 15.2 Å². The zero-order chi connectivity index (χ0) is 24.1. The predicted octanol–water partition coefficient (Wildman–Crippen LogP) is 3.07. The second kappa shape index (κ2) is 10.4. The number of nitrogens with one attached hydrogen (secondary N) is 1. The normalized spacial score (nSPS) is 11.8. The molecule has 0 saturated heterocycles. The molecule has 174 valence electrons. The zero-order valence-corrected chi connectivity index (χ0v) is 18.6. The lowest BCUT2D eigenvalue weighted by molar-refractivity contribution is 0.0922. The van der Waals surface area contributed by atoms with Gasteiger partial charge in [0.25, 0.3) is 11.5 Å². The Hall–Kier alpha value is -3.59. The van der Waals surface area contributed by atoms with Crippen LogP contribution in [0.4, 0.5) is 8.78 Å². The Morgan fingerprint density at radius 3 is 2.67 bits per heavy atom. The molecule has 0 bridgehead atoms. The number of aliphatic hydroxyl groups is 1. The number of amides is 1. The first-order valence-corrected chi connectivity index (χ1v) is 10.4. The maximum Gasteiger partial charge on any atom is 0.264 e. The molecule has 0 radical (unpaired) electrons. The van der Waals surface area contributed by atoms with Gasteiger partial charge in [0.05, 0.1) is 17.9 Å². The summed E-state index contributed by atoms with van der Waals surface area (Å²) in [6.07, 6.45) is 1.60. The third-order valence-electron chi connectivity index (χ3n) is 5.14. The molecule has 2 N–H and O–H groups in total. The molecule has 0 aliphatic carbocycles. The lowest BCUT2D eigenvalue weighted by Crippen LogP contribution is -2.35. The maximum absolute atomic E-state index is 13.9. The van der Waals surface area contributed by atoms with Crippen LogP contribution in [0, 0.1) is 18.6 Å². The molecule has 0 spiro atoms. The number of aryl methyl sites for hydroxylation is 1. The first kappa shape index (κ1) is 24.1. The van der Waals surface area contributed by atoms with Crippen LogP contribution in [0.5, 0.6) is 5.88 Å². The van der Waals surface area contributed by atoms with Crippen LogP contribution in [-0.4, -0.2) is 33.2 Å². The smallest absolute Gasteiger partial charge is 0.264 e. The lowest BCUT2D eigenvalue weighted by atomic mass is 10.1. The molecule has 0 aliphatic heterocycles. The summed E-state index contributed by atoms with van der Waals surface area (Å²) in [5.41, 5.74) is 1.58. The van der Waals surface area contributed by atoms with Gasteiger partial charge in [0, 0.05) is 23.2 Å².